The molecule has 0 N–H and O–H groups in total. The summed E-state index contributed by atoms with van der Waals surface area (Å²) < 4.78 is 0. The molecular weight excluding hydrogens is 136 g/mol. The average Bonchev–Trinajstić information content (AvgIpc) is 1.94. The Bertz CT molecular complexity index is 213. The Balaban J connectivity index is 2.71. The van der Waals surface area contributed by atoms with E-state index in [1.807, 2.05) is 19.9 Å². The molecule has 11 heavy (non-hydrogen) atoms. The highest BCUT2D eigenvalue weighted by Gasteiger charge is 2.20. The summed E-state index contributed by atoms with van der Waals surface area (Å²) in [5, 5.41) is 0. The molecule has 0 aliphatic heterocycles. The molecule has 1 nitrogen and oxygen atoms in total. The van der Waals surface area contributed by atoms with Gasteiger partial charge in [0, 0.05) is 5.92 Å². The summed E-state index contributed by atoms with van der Waals surface area (Å²) in [6.07, 6.45) is 4.59. The molecule has 0 spiro atoms. The van der Waals surface area contributed by atoms with Crippen molar-refractivity contribution >= 4 is 5.78 Å². The molecular formula is C10H14O. The largest absolute Gasteiger partial charge is 0.295 e. The summed E-state index contributed by atoms with van der Waals surface area (Å²) in [6, 6.07) is 0. The molecule has 0 bridgehead atoms. The summed E-state index contributed by atoms with van der Waals surface area (Å²) in [7, 11) is 0. The van der Waals surface area contributed by atoms with Crippen molar-refractivity contribution in [2.24, 2.45) is 11.8 Å². The van der Waals surface area contributed by atoms with Crippen molar-refractivity contribution in [1.29, 1.82) is 0 Å². The summed E-state index contributed by atoms with van der Waals surface area (Å²) in [4.78, 5) is 11.0. The fourth-order valence-electron chi connectivity index (χ4n) is 1.32. The van der Waals surface area contributed by atoms with E-state index >= 15 is 0 Å². The molecule has 60 valence electrons. The molecule has 0 aromatic rings. The molecule has 0 heterocycles. The first-order valence-corrected chi connectivity index (χ1v) is 3.98. The van der Waals surface area contributed by atoms with Crippen LogP contribution in [0.1, 0.15) is 20.3 Å². The number of ketones is 1. The second-order valence-corrected chi connectivity index (χ2v) is 3.35. The van der Waals surface area contributed by atoms with Crippen molar-refractivity contribution < 1.29 is 4.79 Å². The Kier molecular flexibility index (Phi) is 2.28. The normalized spacial score (nSPS) is 30.5. The van der Waals surface area contributed by atoms with Crippen LogP contribution >= 0.6 is 0 Å². The van der Waals surface area contributed by atoms with Crippen LogP contribution in [0, 0.1) is 11.8 Å². The molecule has 0 saturated carbocycles. The number of hydrogen-bond acceptors (Lipinski definition) is 1. The monoisotopic (exact) mass is 150 g/mol. The van der Waals surface area contributed by atoms with E-state index in [0.29, 0.717) is 5.92 Å². The zero-order valence-electron chi connectivity index (χ0n) is 7.13. The molecule has 0 aromatic carbocycles. The van der Waals surface area contributed by atoms with Crippen LogP contribution in [0.3, 0.4) is 0 Å². The van der Waals surface area contributed by atoms with Crippen molar-refractivity contribution in [2.45, 2.75) is 20.3 Å². The maximum atomic E-state index is 11.0. The SMILES string of the molecule is C=C(C)C1C=CC(=O)C(C)C1. The number of hydrogen-bond donors (Lipinski definition) is 0. The molecule has 1 aliphatic rings. The van der Waals surface area contributed by atoms with Gasteiger partial charge < -0.3 is 0 Å². The first-order valence-electron chi connectivity index (χ1n) is 3.98. The number of carbonyl (C=O) groups excluding carboxylic acids is 1. The van der Waals surface area contributed by atoms with Gasteiger partial charge in [-0.05, 0) is 25.3 Å². The zero-order valence-corrected chi connectivity index (χ0v) is 7.13. The second kappa shape index (κ2) is 3.04. The third kappa shape index (κ3) is 1.79. The molecule has 0 fully saturated rings. The third-order valence-electron chi connectivity index (χ3n) is 2.22. The fraction of sp³-hybridized carbons (Fsp3) is 0.500. The Morgan fingerprint density at radius 1 is 1.73 bits per heavy atom. The maximum absolute atomic E-state index is 11.0. The molecule has 2 atom stereocenters. The molecule has 0 amide bonds. The van der Waals surface area contributed by atoms with E-state index in [9.17, 15) is 4.79 Å². The van der Waals surface area contributed by atoms with E-state index in [1.165, 1.54) is 0 Å². The lowest BCUT2D eigenvalue weighted by molar-refractivity contribution is -0.118. The Morgan fingerprint density at radius 2 is 2.36 bits per heavy atom. The third-order valence-corrected chi connectivity index (χ3v) is 2.22. The van der Waals surface area contributed by atoms with Crippen LogP contribution < -0.4 is 0 Å². The minimum absolute atomic E-state index is 0.182. The van der Waals surface area contributed by atoms with Crippen LogP contribution in [0.15, 0.2) is 24.3 Å². The van der Waals surface area contributed by atoms with Crippen LogP contribution in [-0.2, 0) is 4.79 Å². The van der Waals surface area contributed by atoms with Gasteiger partial charge in [0.25, 0.3) is 0 Å². The smallest absolute Gasteiger partial charge is 0.158 e. The first kappa shape index (κ1) is 8.25. The number of rotatable bonds is 1. The van der Waals surface area contributed by atoms with E-state index in [0.717, 1.165) is 12.0 Å². The van der Waals surface area contributed by atoms with Crippen molar-refractivity contribution in [1.82, 2.24) is 0 Å². The molecule has 1 heteroatoms. The molecule has 0 radical (unpaired) electrons. The summed E-state index contributed by atoms with van der Waals surface area (Å²) >= 11 is 0. The van der Waals surface area contributed by atoms with Gasteiger partial charge in [-0.15, -0.1) is 0 Å². The molecule has 0 saturated heterocycles. The van der Waals surface area contributed by atoms with E-state index < -0.39 is 0 Å². The van der Waals surface area contributed by atoms with Gasteiger partial charge in [-0.1, -0.05) is 25.2 Å². The van der Waals surface area contributed by atoms with Gasteiger partial charge in [-0.3, -0.25) is 4.79 Å². The second-order valence-electron chi connectivity index (χ2n) is 3.35. The van der Waals surface area contributed by atoms with E-state index in [1.54, 1.807) is 6.08 Å². The van der Waals surface area contributed by atoms with Crippen molar-refractivity contribution in [3.63, 3.8) is 0 Å². The first-order chi connectivity index (χ1) is 5.11. The standard InChI is InChI=1S/C10H14O/c1-7(2)9-4-5-10(11)8(3)6-9/h4-5,8-9H,1,6H2,2-3H3. The van der Waals surface area contributed by atoms with E-state index in [-0.39, 0.29) is 11.7 Å². The quantitative estimate of drug-likeness (QED) is 0.524. The zero-order chi connectivity index (χ0) is 8.43. The highest BCUT2D eigenvalue weighted by molar-refractivity contribution is 5.92. The van der Waals surface area contributed by atoms with Crippen LogP contribution in [-0.4, -0.2) is 5.78 Å². The van der Waals surface area contributed by atoms with Gasteiger partial charge in [-0.25, -0.2) is 0 Å². The summed E-state index contributed by atoms with van der Waals surface area (Å²) in [5.74, 6) is 0.854. The number of carbonyl (C=O) groups is 1. The lowest BCUT2D eigenvalue weighted by Gasteiger charge is -2.20. The van der Waals surface area contributed by atoms with Gasteiger partial charge in [-0.2, -0.15) is 0 Å². The van der Waals surface area contributed by atoms with Crippen LogP contribution in [0.25, 0.3) is 0 Å². The van der Waals surface area contributed by atoms with Crippen molar-refractivity contribution in [3.05, 3.63) is 24.3 Å². The lowest BCUT2D eigenvalue weighted by atomic mass is 9.84. The maximum Gasteiger partial charge on any atom is 0.158 e. The average molecular weight is 150 g/mol. The van der Waals surface area contributed by atoms with Crippen molar-refractivity contribution in [2.75, 3.05) is 0 Å². The van der Waals surface area contributed by atoms with Crippen LogP contribution in [0.2, 0.25) is 0 Å². The van der Waals surface area contributed by atoms with Crippen LogP contribution in [0.5, 0.6) is 0 Å². The van der Waals surface area contributed by atoms with Gasteiger partial charge >= 0.3 is 0 Å². The minimum Gasteiger partial charge on any atom is -0.295 e. The van der Waals surface area contributed by atoms with E-state index in [2.05, 4.69) is 6.58 Å². The predicted octanol–water partition coefficient (Wildman–Crippen LogP) is 2.34. The minimum atomic E-state index is 0.182. The highest BCUT2D eigenvalue weighted by atomic mass is 16.1. The Labute approximate surface area is 67.8 Å². The highest BCUT2D eigenvalue weighted by Crippen LogP contribution is 2.25. The Morgan fingerprint density at radius 3 is 2.82 bits per heavy atom. The van der Waals surface area contributed by atoms with Gasteiger partial charge in [0.1, 0.15) is 0 Å². The molecule has 1 aliphatic carbocycles. The lowest BCUT2D eigenvalue weighted by Crippen LogP contribution is -2.17. The molecule has 2 unspecified atom stereocenters. The van der Waals surface area contributed by atoms with Crippen molar-refractivity contribution in [3.8, 4) is 0 Å². The van der Waals surface area contributed by atoms with Gasteiger partial charge in [0.2, 0.25) is 0 Å². The van der Waals surface area contributed by atoms with Gasteiger partial charge in [0.15, 0.2) is 5.78 Å². The molecule has 0 aromatic heterocycles. The topological polar surface area (TPSA) is 17.1 Å². The van der Waals surface area contributed by atoms with E-state index in [4.69, 9.17) is 0 Å². The Hall–Kier alpha value is -0.850. The summed E-state index contributed by atoms with van der Waals surface area (Å²) in [6.45, 7) is 7.86. The van der Waals surface area contributed by atoms with Crippen LogP contribution in [0.4, 0.5) is 0 Å². The summed E-state index contributed by atoms with van der Waals surface area (Å²) in [5.41, 5.74) is 1.15. The number of allylic oxidation sites excluding steroid dienone is 3. The van der Waals surface area contributed by atoms with Gasteiger partial charge in [0.05, 0.1) is 0 Å². The molecule has 1 rings (SSSR count). The predicted molar refractivity (Wildman–Crippen MR) is 46.2 cm³/mol. The fourth-order valence-corrected chi connectivity index (χ4v) is 1.32.